The zero-order chi connectivity index (χ0) is 9.42. The largest absolute Gasteiger partial charge is 0.450 e. The van der Waals surface area contributed by atoms with E-state index in [-0.39, 0.29) is 18.5 Å². The molecule has 14 heavy (non-hydrogen) atoms. The third-order valence-corrected chi connectivity index (χ3v) is 3.40. The van der Waals surface area contributed by atoms with Gasteiger partial charge in [-0.3, -0.25) is 0 Å². The first kappa shape index (κ1) is 12.1. The van der Waals surface area contributed by atoms with E-state index in [0.29, 0.717) is 12.1 Å². The van der Waals surface area contributed by atoms with Crippen LogP contribution in [0.15, 0.2) is 0 Å². The van der Waals surface area contributed by atoms with Crippen LogP contribution in [-0.2, 0) is 4.74 Å². The number of piperidine rings is 1. The van der Waals surface area contributed by atoms with Crippen LogP contribution in [0.5, 0.6) is 0 Å². The molecule has 2 bridgehead atoms. The Kier molecular flexibility index (Phi) is 4.04. The van der Waals surface area contributed by atoms with Crippen LogP contribution in [0.4, 0.5) is 4.79 Å². The average Bonchev–Trinajstić information content (AvgIpc) is 2.33. The van der Waals surface area contributed by atoms with Crippen LogP contribution in [0.1, 0.15) is 25.7 Å². The van der Waals surface area contributed by atoms with Gasteiger partial charge in [-0.2, -0.15) is 0 Å². The lowest BCUT2D eigenvalue weighted by molar-refractivity contribution is 0.0399. The van der Waals surface area contributed by atoms with E-state index in [2.05, 4.69) is 11.9 Å². The fourth-order valence-electron chi connectivity index (χ4n) is 2.59. The molecule has 0 aromatic carbocycles. The monoisotopic (exact) mass is 239 g/mol. The normalized spacial score (nSPS) is 36.3. The van der Waals surface area contributed by atoms with Crippen LogP contribution < -0.4 is 0 Å². The van der Waals surface area contributed by atoms with E-state index >= 15 is 0 Å². The molecular formula is C9H15Cl2NO2. The number of halogens is 2. The minimum Gasteiger partial charge on any atom is -0.450 e. The molecule has 0 spiro atoms. The van der Waals surface area contributed by atoms with Crippen molar-refractivity contribution in [1.29, 1.82) is 0 Å². The predicted octanol–water partition coefficient (Wildman–Crippen LogP) is 2.41. The second kappa shape index (κ2) is 4.69. The van der Waals surface area contributed by atoms with E-state index in [1.807, 2.05) is 0 Å². The van der Waals surface area contributed by atoms with E-state index < -0.39 is 5.43 Å². The van der Waals surface area contributed by atoms with E-state index in [1.165, 1.54) is 12.8 Å². The highest BCUT2D eigenvalue weighted by atomic mass is 35.5. The SMILES string of the molecule is CN1[C@@H]2CC[C@H]1CC(OC(=O)Cl)C2.Cl. The van der Waals surface area contributed by atoms with Crippen molar-refractivity contribution in [1.82, 2.24) is 4.90 Å². The summed E-state index contributed by atoms with van der Waals surface area (Å²) < 4.78 is 5.02. The van der Waals surface area contributed by atoms with Crippen molar-refractivity contribution >= 4 is 29.4 Å². The number of ether oxygens (including phenoxy) is 1. The van der Waals surface area contributed by atoms with E-state index in [0.717, 1.165) is 12.8 Å². The van der Waals surface area contributed by atoms with Crippen molar-refractivity contribution in [3.63, 3.8) is 0 Å². The van der Waals surface area contributed by atoms with Crippen molar-refractivity contribution < 1.29 is 9.53 Å². The summed E-state index contributed by atoms with van der Waals surface area (Å²) in [6.07, 6.45) is 4.42. The first-order valence-electron chi connectivity index (χ1n) is 4.75. The minimum atomic E-state index is -0.658. The van der Waals surface area contributed by atoms with Crippen molar-refractivity contribution in [3.05, 3.63) is 0 Å². The summed E-state index contributed by atoms with van der Waals surface area (Å²) in [4.78, 5) is 13.0. The highest BCUT2D eigenvalue weighted by molar-refractivity contribution is 6.61. The van der Waals surface area contributed by atoms with Crippen LogP contribution in [0, 0.1) is 0 Å². The predicted molar refractivity (Wildman–Crippen MR) is 57.2 cm³/mol. The van der Waals surface area contributed by atoms with Crippen molar-refractivity contribution in [2.75, 3.05) is 7.05 Å². The van der Waals surface area contributed by atoms with Crippen LogP contribution >= 0.6 is 24.0 Å². The maximum absolute atomic E-state index is 10.6. The second-order valence-electron chi connectivity index (χ2n) is 4.00. The minimum absolute atomic E-state index is 0. The number of carbonyl (C=O) groups is 1. The topological polar surface area (TPSA) is 29.5 Å². The molecule has 1 unspecified atom stereocenters. The molecule has 2 rings (SSSR count). The third kappa shape index (κ3) is 2.33. The molecule has 5 heteroatoms. The fourth-order valence-corrected chi connectivity index (χ4v) is 2.71. The Labute approximate surface area is 95.1 Å². The van der Waals surface area contributed by atoms with Crippen LogP contribution in [0.25, 0.3) is 0 Å². The molecule has 0 radical (unpaired) electrons. The molecule has 2 aliphatic heterocycles. The molecule has 0 N–H and O–H groups in total. The van der Waals surface area contributed by atoms with Gasteiger partial charge in [-0.15, -0.1) is 12.4 Å². The Hall–Kier alpha value is 0.01000. The number of rotatable bonds is 1. The quantitative estimate of drug-likeness (QED) is 0.659. The second-order valence-corrected chi connectivity index (χ2v) is 4.31. The Morgan fingerprint density at radius 1 is 1.36 bits per heavy atom. The van der Waals surface area contributed by atoms with Gasteiger partial charge in [0.05, 0.1) is 0 Å². The van der Waals surface area contributed by atoms with E-state index in [9.17, 15) is 4.79 Å². The van der Waals surface area contributed by atoms with Gasteiger partial charge in [0.2, 0.25) is 0 Å². The van der Waals surface area contributed by atoms with Gasteiger partial charge in [0, 0.05) is 36.5 Å². The third-order valence-electron chi connectivity index (χ3n) is 3.31. The molecule has 0 amide bonds. The summed E-state index contributed by atoms with van der Waals surface area (Å²) in [6, 6.07) is 1.19. The summed E-state index contributed by atoms with van der Waals surface area (Å²) in [7, 11) is 2.15. The number of nitrogens with zero attached hydrogens (tertiary/aromatic N) is 1. The number of hydrogen-bond donors (Lipinski definition) is 0. The maximum atomic E-state index is 10.6. The molecule has 3 nitrogen and oxygen atoms in total. The van der Waals surface area contributed by atoms with Crippen molar-refractivity contribution in [3.8, 4) is 0 Å². The van der Waals surface area contributed by atoms with Gasteiger partial charge < -0.3 is 9.64 Å². The lowest BCUT2D eigenvalue weighted by Crippen LogP contribution is -2.43. The van der Waals surface area contributed by atoms with Crippen molar-refractivity contribution in [2.24, 2.45) is 0 Å². The molecule has 0 aliphatic carbocycles. The van der Waals surface area contributed by atoms with E-state index in [4.69, 9.17) is 16.3 Å². The number of carbonyl (C=O) groups excluding carboxylic acids is 1. The molecule has 2 saturated heterocycles. The Bertz CT molecular complexity index is 211. The zero-order valence-electron chi connectivity index (χ0n) is 8.11. The molecule has 82 valence electrons. The molecule has 3 atom stereocenters. The number of fused-ring (bicyclic) bond motifs is 2. The summed E-state index contributed by atoms with van der Waals surface area (Å²) in [6.45, 7) is 0. The van der Waals surface area contributed by atoms with Gasteiger partial charge in [-0.05, 0) is 19.9 Å². The van der Waals surface area contributed by atoms with Crippen LogP contribution in [0.3, 0.4) is 0 Å². The fraction of sp³-hybridized carbons (Fsp3) is 0.889. The number of hydrogen-bond acceptors (Lipinski definition) is 3. The Balaban J connectivity index is 0.000000980. The van der Waals surface area contributed by atoms with Crippen LogP contribution in [0.2, 0.25) is 0 Å². The lowest BCUT2D eigenvalue weighted by Gasteiger charge is -2.35. The average molecular weight is 240 g/mol. The highest BCUT2D eigenvalue weighted by Gasteiger charge is 2.39. The summed E-state index contributed by atoms with van der Waals surface area (Å²) >= 11 is 5.19. The van der Waals surface area contributed by atoms with Gasteiger partial charge in [0.25, 0.3) is 0 Å². The van der Waals surface area contributed by atoms with Gasteiger partial charge >= 0.3 is 5.43 Å². The van der Waals surface area contributed by atoms with Gasteiger partial charge in [-0.1, -0.05) is 0 Å². The molecule has 0 aromatic heterocycles. The molecule has 2 heterocycles. The first-order chi connectivity index (χ1) is 6.16. The first-order valence-corrected chi connectivity index (χ1v) is 5.12. The maximum Gasteiger partial charge on any atom is 0.404 e. The smallest absolute Gasteiger partial charge is 0.404 e. The molecule has 2 fully saturated rings. The summed E-state index contributed by atoms with van der Waals surface area (Å²) in [5.41, 5.74) is -0.658. The Morgan fingerprint density at radius 3 is 2.29 bits per heavy atom. The molecule has 0 saturated carbocycles. The molecule has 2 aliphatic rings. The summed E-state index contributed by atoms with van der Waals surface area (Å²) in [5, 5.41) is 0. The molecular weight excluding hydrogens is 225 g/mol. The van der Waals surface area contributed by atoms with Gasteiger partial charge in [0.15, 0.2) is 0 Å². The highest BCUT2D eigenvalue weighted by Crippen LogP contribution is 2.35. The standard InChI is InChI=1S/C9H14ClNO2.ClH/c1-11-6-2-3-7(11)5-8(4-6)13-9(10)12;/h6-8H,2-5H2,1H3;1H/t6-,7+,8?;. The summed E-state index contributed by atoms with van der Waals surface area (Å²) in [5.74, 6) is 0. The van der Waals surface area contributed by atoms with Crippen molar-refractivity contribution in [2.45, 2.75) is 43.9 Å². The molecule has 0 aromatic rings. The Morgan fingerprint density at radius 2 is 1.86 bits per heavy atom. The van der Waals surface area contributed by atoms with Gasteiger partial charge in [0.1, 0.15) is 6.10 Å². The van der Waals surface area contributed by atoms with Crippen LogP contribution in [-0.4, -0.2) is 35.6 Å². The van der Waals surface area contributed by atoms with E-state index in [1.54, 1.807) is 0 Å². The zero-order valence-corrected chi connectivity index (χ0v) is 9.68. The van der Waals surface area contributed by atoms with Gasteiger partial charge in [-0.25, -0.2) is 4.79 Å². The lowest BCUT2D eigenvalue weighted by atomic mass is 10.0.